The van der Waals surface area contributed by atoms with Crippen molar-refractivity contribution in [3.63, 3.8) is 0 Å². The molecule has 2 rings (SSSR count). The van der Waals surface area contributed by atoms with Crippen LogP contribution in [0.1, 0.15) is 18.5 Å². The Morgan fingerprint density at radius 2 is 1.70 bits per heavy atom. The van der Waals surface area contributed by atoms with Gasteiger partial charge in [0.2, 0.25) is 10.0 Å². The van der Waals surface area contributed by atoms with Crippen LogP contribution in [-0.4, -0.2) is 8.42 Å². The van der Waals surface area contributed by atoms with Crippen LogP contribution in [-0.2, 0) is 10.0 Å². The van der Waals surface area contributed by atoms with Gasteiger partial charge in [-0.05, 0) is 30.7 Å². The molecule has 0 saturated carbocycles. The Morgan fingerprint density at radius 3 is 2.35 bits per heavy atom. The van der Waals surface area contributed by atoms with Crippen molar-refractivity contribution in [2.45, 2.75) is 17.9 Å². The van der Waals surface area contributed by atoms with E-state index in [1.165, 1.54) is 18.2 Å². The molecule has 1 N–H and O–H groups in total. The van der Waals surface area contributed by atoms with Crippen LogP contribution in [0.25, 0.3) is 0 Å². The van der Waals surface area contributed by atoms with Gasteiger partial charge in [0.1, 0.15) is 10.7 Å². The quantitative estimate of drug-likeness (QED) is 0.907. The Labute approximate surface area is 126 Å². The average Bonchev–Trinajstić information content (AvgIpc) is 2.38. The minimum atomic E-state index is -3.90. The van der Waals surface area contributed by atoms with Crippen molar-refractivity contribution in [1.82, 2.24) is 4.72 Å². The lowest BCUT2D eigenvalue weighted by molar-refractivity contribution is 0.546. The molecule has 0 radical (unpaired) electrons. The van der Waals surface area contributed by atoms with E-state index in [1.54, 1.807) is 13.0 Å². The predicted molar refractivity (Wildman–Crippen MR) is 79.3 cm³/mol. The normalized spacial score (nSPS) is 13.2. The zero-order valence-electron chi connectivity index (χ0n) is 10.7. The van der Waals surface area contributed by atoms with Gasteiger partial charge in [0.15, 0.2) is 0 Å². The van der Waals surface area contributed by atoms with Gasteiger partial charge < -0.3 is 0 Å². The summed E-state index contributed by atoms with van der Waals surface area (Å²) in [6.45, 7) is 1.71. The molecular weight excluding hydrogens is 345 g/mol. The van der Waals surface area contributed by atoms with Crippen molar-refractivity contribution in [3.8, 4) is 0 Å². The Bertz CT molecular complexity index is 719. The second-order valence-electron chi connectivity index (χ2n) is 4.29. The highest BCUT2D eigenvalue weighted by molar-refractivity contribution is 9.10. The standard InChI is InChI=1S/C14H13BrFNO2S/c1-10(11-6-2-3-7-12(11)15)17-20(18,19)14-9-5-4-8-13(14)16/h2-10,17H,1H3/t10-/m1/s1. The molecule has 0 bridgehead atoms. The summed E-state index contributed by atoms with van der Waals surface area (Å²) in [6, 6.07) is 12.1. The lowest BCUT2D eigenvalue weighted by Gasteiger charge is -2.16. The van der Waals surface area contributed by atoms with Crippen molar-refractivity contribution in [3.05, 3.63) is 64.4 Å². The van der Waals surface area contributed by atoms with Gasteiger partial charge in [-0.25, -0.2) is 17.5 Å². The number of benzene rings is 2. The Balaban J connectivity index is 2.30. The van der Waals surface area contributed by atoms with Crippen LogP contribution in [0, 0.1) is 5.82 Å². The zero-order valence-corrected chi connectivity index (χ0v) is 13.1. The monoisotopic (exact) mass is 357 g/mol. The number of sulfonamides is 1. The van der Waals surface area contributed by atoms with Gasteiger partial charge in [0.25, 0.3) is 0 Å². The van der Waals surface area contributed by atoms with Crippen molar-refractivity contribution in [2.75, 3.05) is 0 Å². The minimum absolute atomic E-state index is 0.348. The summed E-state index contributed by atoms with van der Waals surface area (Å²) in [5.74, 6) is -0.765. The highest BCUT2D eigenvalue weighted by atomic mass is 79.9. The second kappa shape index (κ2) is 6.03. The third-order valence-electron chi connectivity index (χ3n) is 2.83. The molecule has 0 fully saturated rings. The maximum absolute atomic E-state index is 13.6. The van der Waals surface area contributed by atoms with E-state index < -0.39 is 21.9 Å². The molecule has 1 atom stereocenters. The molecule has 0 aliphatic heterocycles. The Kier molecular flexibility index (Phi) is 4.57. The molecule has 0 unspecified atom stereocenters. The fraction of sp³-hybridized carbons (Fsp3) is 0.143. The van der Waals surface area contributed by atoms with Crippen LogP contribution >= 0.6 is 15.9 Å². The van der Waals surface area contributed by atoms with E-state index >= 15 is 0 Å². The van der Waals surface area contributed by atoms with Crippen LogP contribution in [0.15, 0.2) is 57.9 Å². The minimum Gasteiger partial charge on any atom is -0.207 e. The van der Waals surface area contributed by atoms with E-state index in [9.17, 15) is 12.8 Å². The van der Waals surface area contributed by atoms with Gasteiger partial charge in [-0.2, -0.15) is 0 Å². The van der Waals surface area contributed by atoms with Crippen molar-refractivity contribution < 1.29 is 12.8 Å². The van der Waals surface area contributed by atoms with Crippen LogP contribution in [0.4, 0.5) is 4.39 Å². The molecule has 0 aromatic heterocycles. The highest BCUT2D eigenvalue weighted by Gasteiger charge is 2.22. The van der Waals surface area contributed by atoms with Crippen molar-refractivity contribution >= 4 is 26.0 Å². The van der Waals surface area contributed by atoms with E-state index in [4.69, 9.17) is 0 Å². The first-order chi connectivity index (χ1) is 9.42. The highest BCUT2D eigenvalue weighted by Crippen LogP contribution is 2.24. The van der Waals surface area contributed by atoms with Gasteiger partial charge in [-0.15, -0.1) is 0 Å². The van der Waals surface area contributed by atoms with Crippen molar-refractivity contribution in [1.29, 1.82) is 0 Å². The first-order valence-electron chi connectivity index (χ1n) is 5.93. The fourth-order valence-electron chi connectivity index (χ4n) is 1.85. The van der Waals surface area contributed by atoms with Crippen LogP contribution in [0.3, 0.4) is 0 Å². The molecule has 0 aliphatic carbocycles. The molecule has 2 aromatic rings. The lowest BCUT2D eigenvalue weighted by Crippen LogP contribution is -2.27. The van der Waals surface area contributed by atoms with Crippen LogP contribution < -0.4 is 4.72 Å². The third-order valence-corrected chi connectivity index (χ3v) is 5.13. The summed E-state index contributed by atoms with van der Waals surface area (Å²) in [4.78, 5) is -0.348. The first-order valence-corrected chi connectivity index (χ1v) is 8.21. The molecule has 0 amide bonds. The number of halogens is 2. The zero-order chi connectivity index (χ0) is 14.8. The molecule has 0 heterocycles. The van der Waals surface area contributed by atoms with Gasteiger partial charge in [0.05, 0.1) is 0 Å². The number of hydrogen-bond donors (Lipinski definition) is 1. The molecular formula is C14H13BrFNO2S. The SMILES string of the molecule is C[C@@H](NS(=O)(=O)c1ccccc1F)c1ccccc1Br. The summed E-state index contributed by atoms with van der Waals surface area (Å²) in [7, 11) is -3.90. The van der Waals surface area contributed by atoms with E-state index in [1.807, 2.05) is 18.2 Å². The van der Waals surface area contributed by atoms with Gasteiger partial charge in [0, 0.05) is 10.5 Å². The van der Waals surface area contributed by atoms with Crippen LogP contribution in [0.5, 0.6) is 0 Å². The van der Waals surface area contributed by atoms with Crippen molar-refractivity contribution in [2.24, 2.45) is 0 Å². The first kappa shape index (κ1) is 15.2. The third kappa shape index (κ3) is 3.26. The van der Waals surface area contributed by atoms with E-state index in [0.29, 0.717) is 0 Å². The maximum Gasteiger partial charge on any atom is 0.244 e. The van der Waals surface area contributed by atoms with Gasteiger partial charge in [-0.1, -0.05) is 46.3 Å². The van der Waals surface area contributed by atoms with E-state index in [0.717, 1.165) is 16.1 Å². The summed E-state index contributed by atoms with van der Waals surface area (Å²) in [5.41, 5.74) is 0.785. The summed E-state index contributed by atoms with van der Waals surface area (Å²) < 4.78 is 41.2. The smallest absolute Gasteiger partial charge is 0.207 e. The lowest BCUT2D eigenvalue weighted by atomic mass is 10.1. The topological polar surface area (TPSA) is 46.2 Å². The molecule has 3 nitrogen and oxygen atoms in total. The molecule has 0 spiro atoms. The average molecular weight is 358 g/mol. The van der Waals surface area contributed by atoms with Gasteiger partial charge >= 0.3 is 0 Å². The molecule has 106 valence electrons. The molecule has 20 heavy (non-hydrogen) atoms. The Morgan fingerprint density at radius 1 is 1.10 bits per heavy atom. The molecule has 2 aromatic carbocycles. The largest absolute Gasteiger partial charge is 0.244 e. The molecule has 0 saturated heterocycles. The second-order valence-corrected chi connectivity index (χ2v) is 6.83. The fourth-order valence-corrected chi connectivity index (χ4v) is 3.78. The predicted octanol–water partition coefficient (Wildman–Crippen LogP) is 3.63. The van der Waals surface area contributed by atoms with E-state index in [-0.39, 0.29) is 4.90 Å². The van der Waals surface area contributed by atoms with Crippen LogP contribution in [0.2, 0.25) is 0 Å². The number of hydrogen-bond acceptors (Lipinski definition) is 2. The molecule has 0 aliphatic rings. The number of nitrogens with one attached hydrogen (secondary N) is 1. The number of rotatable bonds is 4. The summed E-state index contributed by atoms with van der Waals surface area (Å²) >= 11 is 3.37. The summed E-state index contributed by atoms with van der Waals surface area (Å²) in [5, 5.41) is 0. The summed E-state index contributed by atoms with van der Waals surface area (Å²) in [6.07, 6.45) is 0. The maximum atomic E-state index is 13.6. The Hall–Kier alpha value is -1.24. The molecule has 6 heteroatoms. The van der Waals surface area contributed by atoms with E-state index in [2.05, 4.69) is 20.7 Å². The van der Waals surface area contributed by atoms with Gasteiger partial charge in [-0.3, -0.25) is 0 Å².